The molecule has 0 bridgehead atoms. The van der Waals surface area contributed by atoms with Crippen molar-refractivity contribution >= 4 is 0 Å². The summed E-state index contributed by atoms with van der Waals surface area (Å²) in [4.78, 5) is 5.02. The number of nitrogens with zero attached hydrogens (tertiary/aromatic N) is 2. The molecular formula is C14H28N2O. The second kappa shape index (κ2) is 5.25. The molecule has 3 nitrogen and oxygen atoms in total. The fraction of sp³-hybridized carbons (Fsp3) is 1.00. The van der Waals surface area contributed by atoms with Crippen LogP contribution in [0.3, 0.4) is 0 Å². The third-order valence-corrected chi connectivity index (χ3v) is 4.47. The molecule has 0 aromatic heterocycles. The Bertz CT molecular complexity index is 241. The second-order valence-electron chi connectivity index (χ2n) is 6.53. The van der Waals surface area contributed by atoms with E-state index in [1.807, 2.05) is 6.92 Å². The minimum absolute atomic E-state index is 0.326. The van der Waals surface area contributed by atoms with E-state index in [0.29, 0.717) is 5.92 Å². The summed E-state index contributed by atoms with van der Waals surface area (Å²) >= 11 is 0. The van der Waals surface area contributed by atoms with Crippen molar-refractivity contribution in [2.24, 2.45) is 11.8 Å². The van der Waals surface area contributed by atoms with Crippen molar-refractivity contribution in [3.8, 4) is 0 Å². The molecule has 1 atom stereocenters. The van der Waals surface area contributed by atoms with E-state index in [-0.39, 0.29) is 0 Å². The molecule has 0 radical (unpaired) electrons. The van der Waals surface area contributed by atoms with Crippen molar-refractivity contribution in [1.82, 2.24) is 9.80 Å². The van der Waals surface area contributed by atoms with Gasteiger partial charge in [-0.3, -0.25) is 4.90 Å². The van der Waals surface area contributed by atoms with Gasteiger partial charge in [0.25, 0.3) is 0 Å². The monoisotopic (exact) mass is 240 g/mol. The molecule has 100 valence electrons. The van der Waals surface area contributed by atoms with Crippen LogP contribution in [-0.2, 0) is 0 Å². The molecule has 1 aliphatic carbocycles. The van der Waals surface area contributed by atoms with Crippen LogP contribution in [0.2, 0.25) is 0 Å². The van der Waals surface area contributed by atoms with Gasteiger partial charge in [-0.2, -0.15) is 0 Å². The van der Waals surface area contributed by atoms with Gasteiger partial charge in [-0.25, -0.2) is 0 Å². The molecule has 0 aromatic rings. The van der Waals surface area contributed by atoms with Crippen molar-refractivity contribution in [2.45, 2.75) is 39.2 Å². The standard InChI is InChI=1S/C14H28N2O/c1-12(2)14(3,17)11-16-8-6-15(7-9-16)10-13-4-5-13/h12-13,17H,4-11H2,1-3H3. The van der Waals surface area contributed by atoms with Gasteiger partial charge in [0.05, 0.1) is 5.60 Å². The molecule has 1 N–H and O–H groups in total. The van der Waals surface area contributed by atoms with Gasteiger partial charge in [0, 0.05) is 39.3 Å². The first kappa shape index (κ1) is 13.3. The van der Waals surface area contributed by atoms with Crippen LogP contribution < -0.4 is 0 Å². The van der Waals surface area contributed by atoms with Crippen LogP contribution in [-0.4, -0.2) is 59.8 Å². The molecule has 1 saturated heterocycles. The van der Waals surface area contributed by atoms with E-state index in [1.54, 1.807) is 0 Å². The zero-order valence-electron chi connectivity index (χ0n) is 11.7. The van der Waals surface area contributed by atoms with Gasteiger partial charge in [0.15, 0.2) is 0 Å². The fourth-order valence-electron chi connectivity index (χ4n) is 2.43. The molecule has 0 amide bonds. The molecule has 3 heteroatoms. The number of rotatable bonds is 5. The normalized spacial score (nSPS) is 27.4. The topological polar surface area (TPSA) is 26.7 Å². The Balaban J connectivity index is 1.70. The molecule has 1 saturated carbocycles. The SMILES string of the molecule is CC(C)C(C)(O)CN1CCN(CC2CC2)CC1. The van der Waals surface area contributed by atoms with Crippen LogP contribution in [0, 0.1) is 11.8 Å². The quantitative estimate of drug-likeness (QED) is 0.787. The Labute approximate surface area is 106 Å². The number of hydrogen-bond donors (Lipinski definition) is 1. The largest absolute Gasteiger partial charge is 0.389 e. The Morgan fingerprint density at radius 1 is 1.12 bits per heavy atom. The molecule has 1 unspecified atom stereocenters. The average molecular weight is 240 g/mol. The van der Waals surface area contributed by atoms with Crippen LogP contribution in [0.15, 0.2) is 0 Å². The van der Waals surface area contributed by atoms with Crippen molar-refractivity contribution in [1.29, 1.82) is 0 Å². The highest BCUT2D eigenvalue weighted by atomic mass is 16.3. The third kappa shape index (κ3) is 3.94. The van der Waals surface area contributed by atoms with E-state index in [0.717, 1.165) is 25.6 Å². The minimum Gasteiger partial charge on any atom is -0.389 e. The summed E-state index contributed by atoms with van der Waals surface area (Å²) in [5.74, 6) is 1.33. The predicted octanol–water partition coefficient (Wildman–Crippen LogP) is 1.42. The maximum absolute atomic E-state index is 10.3. The van der Waals surface area contributed by atoms with Crippen LogP contribution in [0.1, 0.15) is 33.6 Å². The van der Waals surface area contributed by atoms with Crippen molar-refractivity contribution in [2.75, 3.05) is 39.3 Å². The first-order valence-corrected chi connectivity index (χ1v) is 7.14. The van der Waals surface area contributed by atoms with Crippen LogP contribution in [0.25, 0.3) is 0 Å². The number of piperazine rings is 1. The maximum atomic E-state index is 10.3. The van der Waals surface area contributed by atoms with Gasteiger partial charge in [-0.05, 0) is 31.6 Å². The number of hydrogen-bond acceptors (Lipinski definition) is 3. The van der Waals surface area contributed by atoms with Gasteiger partial charge >= 0.3 is 0 Å². The second-order valence-corrected chi connectivity index (χ2v) is 6.53. The Morgan fingerprint density at radius 2 is 1.65 bits per heavy atom. The highest BCUT2D eigenvalue weighted by Gasteiger charge is 2.30. The van der Waals surface area contributed by atoms with Gasteiger partial charge < -0.3 is 10.0 Å². The summed E-state index contributed by atoms with van der Waals surface area (Å²) in [6, 6.07) is 0. The highest BCUT2D eigenvalue weighted by Crippen LogP contribution is 2.30. The highest BCUT2D eigenvalue weighted by molar-refractivity contribution is 4.85. The minimum atomic E-state index is -0.543. The van der Waals surface area contributed by atoms with Crippen molar-refractivity contribution in [3.63, 3.8) is 0 Å². The van der Waals surface area contributed by atoms with E-state index >= 15 is 0 Å². The summed E-state index contributed by atoms with van der Waals surface area (Å²) in [5, 5.41) is 10.3. The number of aliphatic hydroxyl groups is 1. The van der Waals surface area contributed by atoms with Gasteiger partial charge in [0.1, 0.15) is 0 Å². The van der Waals surface area contributed by atoms with Crippen LogP contribution >= 0.6 is 0 Å². The van der Waals surface area contributed by atoms with Gasteiger partial charge in [-0.1, -0.05) is 13.8 Å². The lowest BCUT2D eigenvalue weighted by atomic mass is 9.92. The zero-order valence-corrected chi connectivity index (χ0v) is 11.7. The van der Waals surface area contributed by atoms with Gasteiger partial charge in [0.2, 0.25) is 0 Å². The zero-order chi connectivity index (χ0) is 12.5. The fourth-order valence-corrected chi connectivity index (χ4v) is 2.43. The molecule has 2 fully saturated rings. The first-order valence-electron chi connectivity index (χ1n) is 7.14. The van der Waals surface area contributed by atoms with E-state index in [2.05, 4.69) is 23.6 Å². The molecular weight excluding hydrogens is 212 g/mol. The summed E-state index contributed by atoms with van der Waals surface area (Å²) in [7, 11) is 0. The maximum Gasteiger partial charge on any atom is 0.0768 e. The lowest BCUT2D eigenvalue weighted by Crippen LogP contribution is -2.52. The van der Waals surface area contributed by atoms with E-state index in [4.69, 9.17) is 0 Å². The Morgan fingerprint density at radius 3 is 2.12 bits per heavy atom. The molecule has 0 spiro atoms. The first-order chi connectivity index (χ1) is 7.97. The van der Waals surface area contributed by atoms with Crippen molar-refractivity contribution in [3.05, 3.63) is 0 Å². The molecule has 0 aromatic carbocycles. The van der Waals surface area contributed by atoms with E-state index in [1.165, 1.54) is 32.5 Å². The van der Waals surface area contributed by atoms with Crippen LogP contribution in [0.4, 0.5) is 0 Å². The Hall–Kier alpha value is -0.120. The lowest BCUT2D eigenvalue weighted by Gasteiger charge is -2.39. The number of β-amino-alcohol motifs (C(OH)–C–C–N with tert-alkyl or cyclic N) is 1. The van der Waals surface area contributed by atoms with Crippen molar-refractivity contribution < 1.29 is 5.11 Å². The molecule has 2 rings (SSSR count). The molecule has 2 aliphatic rings. The van der Waals surface area contributed by atoms with Gasteiger partial charge in [-0.15, -0.1) is 0 Å². The summed E-state index contributed by atoms with van der Waals surface area (Å²) in [6.45, 7) is 12.9. The van der Waals surface area contributed by atoms with E-state index in [9.17, 15) is 5.11 Å². The molecule has 17 heavy (non-hydrogen) atoms. The van der Waals surface area contributed by atoms with Crippen LogP contribution in [0.5, 0.6) is 0 Å². The molecule has 1 heterocycles. The lowest BCUT2D eigenvalue weighted by molar-refractivity contribution is -0.0292. The van der Waals surface area contributed by atoms with E-state index < -0.39 is 5.60 Å². The Kier molecular flexibility index (Phi) is 4.11. The third-order valence-electron chi connectivity index (χ3n) is 4.47. The molecule has 1 aliphatic heterocycles. The smallest absolute Gasteiger partial charge is 0.0768 e. The summed E-state index contributed by atoms with van der Waals surface area (Å²) in [5.41, 5.74) is -0.543. The average Bonchev–Trinajstić information content (AvgIpc) is 3.04. The predicted molar refractivity (Wildman–Crippen MR) is 71.1 cm³/mol. The summed E-state index contributed by atoms with van der Waals surface area (Å²) in [6.07, 6.45) is 2.89. The summed E-state index contributed by atoms with van der Waals surface area (Å²) < 4.78 is 0.